The highest BCUT2D eigenvalue weighted by atomic mass is 16.2. The molecule has 0 saturated heterocycles. The fourth-order valence-electron chi connectivity index (χ4n) is 1.66. The molecule has 0 radical (unpaired) electrons. The van der Waals surface area contributed by atoms with Gasteiger partial charge in [-0.05, 0) is 19.4 Å². The molecule has 0 spiro atoms. The first kappa shape index (κ1) is 14.9. The molecule has 0 unspecified atom stereocenters. The lowest BCUT2D eigenvalue weighted by atomic mass is 10.0. The van der Waals surface area contributed by atoms with E-state index in [4.69, 9.17) is 16.6 Å². The highest BCUT2D eigenvalue weighted by Gasteiger charge is 2.08. The van der Waals surface area contributed by atoms with E-state index in [-0.39, 0.29) is 12.6 Å². The van der Waals surface area contributed by atoms with E-state index in [2.05, 4.69) is 22.1 Å². The predicted molar refractivity (Wildman–Crippen MR) is 77.6 cm³/mol. The molecule has 0 fully saturated rings. The maximum Gasteiger partial charge on any atom is 0.222 e. The molecular formula is C14H20N4O. The van der Waals surface area contributed by atoms with Gasteiger partial charge in [0.15, 0.2) is 0 Å². The minimum Gasteiger partial charge on any atom is -0.397 e. The lowest BCUT2D eigenvalue weighted by molar-refractivity contribution is 0.318. The van der Waals surface area contributed by atoms with E-state index in [9.17, 15) is 0 Å². The summed E-state index contributed by atoms with van der Waals surface area (Å²) in [7, 11) is 0. The largest absolute Gasteiger partial charge is 0.397 e. The fourth-order valence-corrected chi connectivity index (χ4v) is 1.66. The minimum absolute atomic E-state index is 0.229. The van der Waals surface area contributed by atoms with Crippen LogP contribution in [0.4, 0.5) is 11.8 Å². The first-order chi connectivity index (χ1) is 9.08. The molecule has 0 aliphatic carbocycles. The van der Waals surface area contributed by atoms with Gasteiger partial charge in [-0.25, -0.2) is 4.98 Å². The molecule has 19 heavy (non-hydrogen) atoms. The van der Waals surface area contributed by atoms with Gasteiger partial charge in [-0.3, -0.25) is 0 Å². The highest BCUT2D eigenvalue weighted by molar-refractivity contribution is 5.47. The van der Waals surface area contributed by atoms with Gasteiger partial charge in [-0.2, -0.15) is 4.98 Å². The molecule has 0 aliphatic rings. The molecule has 5 heteroatoms. The van der Waals surface area contributed by atoms with Crippen molar-refractivity contribution >= 4 is 11.8 Å². The summed E-state index contributed by atoms with van der Waals surface area (Å²) in [5, 5.41) is 7.57. The number of hydrogen-bond donors (Lipinski definition) is 3. The summed E-state index contributed by atoms with van der Waals surface area (Å²) in [4.78, 5) is 8.09. The van der Waals surface area contributed by atoms with Crippen LogP contribution in [0.15, 0.2) is 30.3 Å². The van der Waals surface area contributed by atoms with Crippen LogP contribution in [0, 0.1) is 6.92 Å². The van der Waals surface area contributed by atoms with Gasteiger partial charge in [0.05, 0.1) is 0 Å². The molecule has 102 valence electrons. The number of nitrogens with two attached hydrogens (primary N) is 2. The van der Waals surface area contributed by atoms with Crippen LogP contribution >= 0.6 is 0 Å². The molecule has 5 N–H and O–H groups in total. The van der Waals surface area contributed by atoms with E-state index in [0.717, 1.165) is 17.7 Å². The molecule has 0 bridgehead atoms. The maximum absolute atomic E-state index is 7.57. The van der Waals surface area contributed by atoms with E-state index in [0.29, 0.717) is 5.82 Å². The van der Waals surface area contributed by atoms with Crippen molar-refractivity contribution in [3.05, 3.63) is 47.2 Å². The van der Waals surface area contributed by atoms with Crippen LogP contribution in [-0.2, 0) is 6.42 Å². The summed E-state index contributed by atoms with van der Waals surface area (Å²) in [6.45, 7) is 3.83. The van der Waals surface area contributed by atoms with Gasteiger partial charge in [0.2, 0.25) is 5.95 Å². The number of aliphatic hydroxyl groups is 1. The zero-order chi connectivity index (χ0) is 14.3. The van der Waals surface area contributed by atoms with Crippen molar-refractivity contribution in [3.8, 4) is 0 Å². The highest BCUT2D eigenvalue weighted by Crippen LogP contribution is 2.18. The van der Waals surface area contributed by atoms with Gasteiger partial charge in [-0.1, -0.05) is 30.3 Å². The zero-order valence-electron chi connectivity index (χ0n) is 11.3. The van der Waals surface area contributed by atoms with Crippen LogP contribution in [0.3, 0.4) is 0 Å². The Morgan fingerprint density at radius 1 is 1.11 bits per heavy atom. The number of nitrogens with zero attached hydrogens (tertiary/aromatic N) is 2. The van der Waals surface area contributed by atoms with Crippen LogP contribution in [0.25, 0.3) is 0 Å². The zero-order valence-corrected chi connectivity index (χ0v) is 11.3. The third kappa shape index (κ3) is 4.56. The van der Waals surface area contributed by atoms with E-state index in [1.807, 2.05) is 25.1 Å². The molecule has 5 nitrogen and oxygen atoms in total. The van der Waals surface area contributed by atoms with Crippen molar-refractivity contribution in [1.82, 2.24) is 9.97 Å². The van der Waals surface area contributed by atoms with Crippen molar-refractivity contribution in [2.24, 2.45) is 0 Å². The second kappa shape index (κ2) is 7.33. The first-order valence-corrected chi connectivity index (χ1v) is 6.11. The average Bonchev–Trinajstić information content (AvgIpc) is 2.36. The average molecular weight is 260 g/mol. The maximum atomic E-state index is 7.57. The molecule has 1 aromatic carbocycles. The van der Waals surface area contributed by atoms with Gasteiger partial charge in [0, 0.05) is 24.3 Å². The van der Waals surface area contributed by atoms with Gasteiger partial charge < -0.3 is 16.6 Å². The number of hydrogen-bond acceptors (Lipinski definition) is 5. The number of nitrogen functional groups attached to an aromatic ring is 2. The molecule has 1 aromatic heterocycles. The van der Waals surface area contributed by atoms with E-state index >= 15 is 0 Å². The summed E-state index contributed by atoms with van der Waals surface area (Å²) in [6, 6.07) is 10.1. The number of aliphatic hydroxyl groups excluding tert-OH is 1. The second-order valence-corrected chi connectivity index (χ2v) is 4.01. The lowest BCUT2D eigenvalue weighted by Gasteiger charge is -2.08. The Morgan fingerprint density at radius 2 is 1.68 bits per heavy atom. The summed E-state index contributed by atoms with van der Waals surface area (Å²) in [5.41, 5.74) is 14.3. The summed E-state index contributed by atoms with van der Waals surface area (Å²) in [5.74, 6) is 0.695. The lowest BCUT2D eigenvalue weighted by Crippen LogP contribution is -2.07. The molecule has 2 rings (SSSR count). The quantitative estimate of drug-likeness (QED) is 0.760. The molecule has 0 saturated carbocycles. The Balaban J connectivity index is 0.000000550. The minimum atomic E-state index is 0.229. The normalized spacial score (nSPS) is 9.63. The number of benzene rings is 1. The first-order valence-electron chi connectivity index (χ1n) is 6.11. The van der Waals surface area contributed by atoms with E-state index in [1.165, 1.54) is 5.56 Å². The van der Waals surface area contributed by atoms with Crippen LogP contribution < -0.4 is 11.5 Å². The van der Waals surface area contributed by atoms with Gasteiger partial charge in [0.25, 0.3) is 0 Å². The topological polar surface area (TPSA) is 98.0 Å². The number of anilines is 2. The summed E-state index contributed by atoms with van der Waals surface area (Å²) >= 11 is 0. The Kier molecular flexibility index (Phi) is 5.75. The number of aryl methyl sites for hydroxylation is 1. The van der Waals surface area contributed by atoms with Crippen molar-refractivity contribution in [2.75, 3.05) is 18.1 Å². The summed E-state index contributed by atoms with van der Waals surface area (Å²) in [6.07, 6.45) is 0.735. The molecule has 0 atom stereocenters. The third-order valence-electron chi connectivity index (χ3n) is 2.49. The SMILES string of the molecule is CCO.Cc1nc(N)nc(N)c1Cc1ccccc1. The van der Waals surface area contributed by atoms with Crippen LogP contribution in [-0.4, -0.2) is 21.7 Å². The molecule has 0 aliphatic heterocycles. The number of aromatic nitrogens is 2. The molecule has 2 aromatic rings. The van der Waals surface area contributed by atoms with E-state index < -0.39 is 0 Å². The standard InChI is InChI=1S/C12H14N4.C2H6O/c1-8-10(11(13)16-12(14)15-8)7-9-5-3-2-4-6-9;1-2-3/h2-6H,7H2,1H3,(H4,13,14,15,16);3H,2H2,1H3. The van der Waals surface area contributed by atoms with Crippen molar-refractivity contribution in [2.45, 2.75) is 20.3 Å². The predicted octanol–water partition coefficient (Wildman–Crippen LogP) is 1.54. The molecule has 0 amide bonds. The van der Waals surface area contributed by atoms with Crippen LogP contribution in [0.5, 0.6) is 0 Å². The molecular weight excluding hydrogens is 240 g/mol. The Labute approximate surface area is 113 Å². The van der Waals surface area contributed by atoms with E-state index in [1.54, 1.807) is 6.92 Å². The Morgan fingerprint density at radius 3 is 2.21 bits per heavy atom. The monoisotopic (exact) mass is 260 g/mol. The van der Waals surface area contributed by atoms with Crippen molar-refractivity contribution in [3.63, 3.8) is 0 Å². The summed E-state index contributed by atoms with van der Waals surface area (Å²) < 4.78 is 0. The third-order valence-corrected chi connectivity index (χ3v) is 2.49. The van der Waals surface area contributed by atoms with Gasteiger partial charge in [0.1, 0.15) is 5.82 Å². The van der Waals surface area contributed by atoms with Crippen LogP contribution in [0.1, 0.15) is 23.7 Å². The van der Waals surface area contributed by atoms with Crippen molar-refractivity contribution < 1.29 is 5.11 Å². The fraction of sp³-hybridized carbons (Fsp3) is 0.286. The molecule has 1 heterocycles. The van der Waals surface area contributed by atoms with Gasteiger partial charge >= 0.3 is 0 Å². The Bertz CT molecular complexity index is 491. The Hall–Kier alpha value is -2.14. The van der Waals surface area contributed by atoms with Crippen LogP contribution in [0.2, 0.25) is 0 Å². The smallest absolute Gasteiger partial charge is 0.222 e. The van der Waals surface area contributed by atoms with Gasteiger partial charge in [-0.15, -0.1) is 0 Å². The number of rotatable bonds is 2. The second-order valence-electron chi connectivity index (χ2n) is 4.01. The van der Waals surface area contributed by atoms with Crippen molar-refractivity contribution in [1.29, 1.82) is 0 Å².